The van der Waals surface area contributed by atoms with E-state index in [1.165, 1.54) is 57.1 Å². The van der Waals surface area contributed by atoms with Gasteiger partial charge in [0.15, 0.2) is 0 Å². The summed E-state index contributed by atoms with van der Waals surface area (Å²) in [4.78, 5) is 0. The highest BCUT2D eigenvalue weighted by Crippen LogP contribution is 2.56. The van der Waals surface area contributed by atoms with Crippen LogP contribution in [0.3, 0.4) is 0 Å². The maximum absolute atomic E-state index is 9.85. The number of phenolic OH excluding ortho intramolecular Hbond substituents is 4. The van der Waals surface area contributed by atoms with Gasteiger partial charge in [-0.05, 0) is 158 Å². The summed E-state index contributed by atoms with van der Waals surface area (Å²) in [6.45, 7) is 12.0. The van der Waals surface area contributed by atoms with Crippen molar-refractivity contribution in [2.24, 2.45) is 23.7 Å². The molecule has 0 atom stereocenters. The predicted molar refractivity (Wildman–Crippen MR) is 237 cm³/mol. The Morgan fingerprint density at radius 3 is 0.860 bits per heavy atom. The van der Waals surface area contributed by atoms with E-state index in [0.717, 1.165) is 11.1 Å². The van der Waals surface area contributed by atoms with Gasteiger partial charge in [-0.15, -0.1) is 0 Å². The van der Waals surface area contributed by atoms with E-state index in [4.69, 9.17) is 10.2 Å². The summed E-state index contributed by atoms with van der Waals surface area (Å²) in [7, 11) is 0. The van der Waals surface area contributed by atoms with Crippen LogP contribution < -0.4 is 0 Å². The van der Waals surface area contributed by atoms with Gasteiger partial charge >= 0.3 is 0 Å². The summed E-state index contributed by atoms with van der Waals surface area (Å²) in [5.74, 6) is 5.87. The molecule has 4 saturated carbocycles. The number of fused-ring (bicyclic) bond motifs is 3. The predicted octanol–water partition coefficient (Wildman–Crippen LogP) is 13.7. The van der Waals surface area contributed by atoms with Gasteiger partial charge in [0.05, 0.1) is 5.41 Å². The molecule has 11 rings (SSSR count). The van der Waals surface area contributed by atoms with Gasteiger partial charge in [0, 0.05) is 0 Å². The van der Waals surface area contributed by atoms with Gasteiger partial charge in [-0.25, -0.2) is 0 Å². The van der Waals surface area contributed by atoms with Crippen LogP contribution in [0.1, 0.15) is 99.6 Å². The summed E-state index contributed by atoms with van der Waals surface area (Å²) in [5, 5.41) is 37.2. The van der Waals surface area contributed by atoms with Crippen molar-refractivity contribution in [3.63, 3.8) is 0 Å². The molecule has 4 fully saturated rings. The molecule has 4 N–H and O–H groups in total. The largest absolute Gasteiger partial charge is 0.508 e. The standard InChI is InChI=1S/C25H18O2.C10H16.2C7H8O.2C2H6/c26-19-13-9-17(10-14-19)25(18-11-15-20(27)16-12-18)23-7-3-1-5-21(23)22-6-2-4-8-24(22)25;1-7-2-9-4-8(1)5-10(3-7)6-9;2*1-6-2-4-7(8)5-3-6;2*1-2/h1-16,26-27H;7-10H,1-6H2;2*2-5,8H,1H3;2*1-2H3. The number of rotatable bonds is 2. The zero-order chi connectivity index (χ0) is 41.0. The van der Waals surface area contributed by atoms with E-state index >= 15 is 0 Å². The third kappa shape index (κ3) is 10.1. The summed E-state index contributed by atoms with van der Waals surface area (Å²) >= 11 is 0. The molecule has 0 amide bonds. The van der Waals surface area contributed by atoms with E-state index in [1.807, 2.05) is 90.1 Å². The Morgan fingerprint density at radius 1 is 0.351 bits per heavy atom. The molecule has 4 nitrogen and oxygen atoms in total. The second-order valence-electron chi connectivity index (χ2n) is 15.5. The Hall–Kier alpha value is -5.48. The molecule has 5 aliphatic carbocycles. The Balaban J connectivity index is 0.000000168. The first-order chi connectivity index (χ1) is 27.7. The molecule has 0 saturated heterocycles. The molecule has 298 valence electrons. The van der Waals surface area contributed by atoms with Gasteiger partial charge in [-0.3, -0.25) is 0 Å². The highest BCUT2D eigenvalue weighted by molar-refractivity contribution is 5.86. The fourth-order valence-electron chi connectivity index (χ4n) is 9.52. The lowest BCUT2D eigenvalue weighted by Crippen LogP contribution is -2.38. The lowest BCUT2D eigenvalue weighted by Gasteiger charge is -2.49. The van der Waals surface area contributed by atoms with Gasteiger partial charge in [0.25, 0.3) is 0 Å². The van der Waals surface area contributed by atoms with E-state index in [1.54, 1.807) is 87.1 Å². The molecular weight excluding hydrogens is 701 g/mol. The van der Waals surface area contributed by atoms with E-state index in [-0.39, 0.29) is 11.5 Å². The number of aromatic hydroxyl groups is 4. The van der Waals surface area contributed by atoms with E-state index in [0.29, 0.717) is 11.5 Å². The first kappa shape index (κ1) is 42.7. The van der Waals surface area contributed by atoms with Crippen LogP contribution in [0.25, 0.3) is 11.1 Å². The van der Waals surface area contributed by atoms with Gasteiger partial charge in [-0.1, -0.05) is 136 Å². The van der Waals surface area contributed by atoms with Crippen molar-refractivity contribution in [1.29, 1.82) is 0 Å². The minimum atomic E-state index is -0.491. The van der Waals surface area contributed by atoms with Crippen molar-refractivity contribution in [1.82, 2.24) is 0 Å². The number of phenols is 4. The van der Waals surface area contributed by atoms with Crippen LogP contribution in [0.5, 0.6) is 23.0 Å². The fourth-order valence-corrected chi connectivity index (χ4v) is 9.52. The van der Waals surface area contributed by atoms with Crippen molar-refractivity contribution < 1.29 is 20.4 Å². The van der Waals surface area contributed by atoms with E-state index < -0.39 is 5.41 Å². The first-order valence-corrected chi connectivity index (χ1v) is 21.0. The molecule has 0 spiro atoms. The average molecular weight is 763 g/mol. The maximum atomic E-state index is 9.85. The van der Waals surface area contributed by atoms with Gasteiger partial charge in [0.1, 0.15) is 23.0 Å². The summed E-state index contributed by atoms with van der Waals surface area (Å²) in [6.07, 6.45) is 9.62. The molecule has 6 aromatic carbocycles. The highest BCUT2D eigenvalue weighted by Gasteiger charge is 2.46. The average Bonchev–Trinajstić information content (AvgIpc) is 3.53. The van der Waals surface area contributed by atoms with Crippen molar-refractivity contribution >= 4 is 0 Å². The molecule has 57 heavy (non-hydrogen) atoms. The summed E-state index contributed by atoms with van der Waals surface area (Å²) in [6, 6.07) is 46.0. The maximum Gasteiger partial charge on any atom is 0.115 e. The van der Waals surface area contributed by atoms with Crippen LogP contribution >= 0.6 is 0 Å². The highest BCUT2D eigenvalue weighted by atomic mass is 16.3. The first-order valence-electron chi connectivity index (χ1n) is 21.0. The summed E-state index contributed by atoms with van der Waals surface area (Å²) < 4.78 is 0. The molecule has 4 heteroatoms. The lowest BCUT2D eigenvalue weighted by atomic mass is 9.56. The Kier molecular flexibility index (Phi) is 15.0. The molecule has 5 aliphatic rings. The Morgan fingerprint density at radius 2 is 0.596 bits per heavy atom. The van der Waals surface area contributed by atoms with Crippen molar-refractivity contribution in [3.8, 4) is 34.1 Å². The Labute approximate surface area is 341 Å². The zero-order valence-electron chi connectivity index (χ0n) is 34.7. The molecule has 6 aromatic rings. The van der Waals surface area contributed by atoms with Gasteiger partial charge in [-0.2, -0.15) is 0 Å². The molecular formula is C53H62O4. The van der Waals surface area contributed by atoms with Crippen LogP contribution in [0.4, 0.5) is 0 Å². The molecule has 0 aromatic heterocycles. The van der Waals surface area contributed by atoms with Gasteiger partial charge < -0.3 is 20.4 Å². The SMILES string of the molecule is C1C2CC3CC1CC(C2)C3.CC.CC.Cc1ccc(O)cc1.Cc1ccc(O)cc1.Oc1ccc(C2(c3ccc(O)cc3)c3ccccc3-c3ccccc32)cc1. The molecule has 0 unspecified atom stereocenters. The van der Waals surface area contributed by atoms with Crippen LogP contribution in [-0.4, -0.2) is 20.4 Å². The second kappa shape index (κ2) is 20.1. The van der Waals surface area contributed by atoms with Crippen molar-refractivity contribution in [3.05, 3.63) is 179 Å². The lowest BCUT2D eigenvalue weighted by molar-refractivity contribution is 0.0198. The zero-order valence-corrected chi connectivity index (χ0v) is 34.7. The smallest absolute Gasteiger partial charge is 0.115 e. The number of hydrogen-bond acceptors (Lipinski definition) is 4. The minimum Gasteiger partial charge on any atom is -0.508 e. The third-order valence-electron chi connectivity index (χ3n) is 11.6. The monoisotopic (exact) mass is 762 g/mol. The number of aryl methyl sites for hydroxylation is 2. The summed E-state index contributed by atoms with van der Waals surface area (Å²) in [5.41, 5.74) is 8.88. The quantitative estimate of drug-likeness (QED) is 0.141. The van der Waals surface area contributed by atoms with Gasteiger partial charge in [0.2, 0.25) is 0 Å². The van der Waals surface area contributed by atoms with Crippen LogP contribution in [0.2, 0.25) is 0 Å². The number of benzene rings is 6. The van der Waals surface area contributed by atoms with E-state index in [2.05, 4.69) is 48.5 Å². The normalized spacial score (nSPS) is 19.4. The Bertz CT molecular complexity index is 1860. The number of hydrogen-bond donors (Lipinski definition) is 4. The minimum absolute atomic E-state index is 0.249. The molecule has 0 radical (unpaired) electrons. The molecule has 0 heterocycles. The fraction of sp³-hybridized carbons (Fsp3) is 0.321. The van der Waals surface area contributed by atoms with Crippen molar-refractivity contribution in [2.45, 2.75) is 85.5 Å². The molecule has 4 bridgehead atoms. The van der Waals surface area contributed by atoms with Crippen LogP contribution in [-0.2, 0) is 5.41 Å². The van der Waals surface area contributed by atoms with Crippen molar-refractivity contribution in [2.75, 3.05) is 0 Å². The van der Waals surface area contributed by atoms with Crippen LogP contribution in [0.15, 0.2) is 146 Å². The molecule has 0 aliphatic heterocycles. The van der Waals surface area contributed by atoms with Crippen LogP contribution in [0, 0.1) is 37.5 Å². The van der Waals surface area contributed by atoms with E-state index in [9.17, 15) is 10.2 Å². The third-order valence-corrected chi connectivity index (χ3v) is 11.6. The topological polar surface area (TPSA) is 80.9 Å². The second-order valence-corrected chi connectivity index (χ2v) is 15.5.